The minimum atomic E-state index is -0.302. The summed E-state index contributed by atoms with van der Waals surface area (Å²) in [6, 6.07) is 9.56. The number of esters is 1. The van der Waals surface area contributed by atoms with Gasteiger partial charge in [-0.25, -0.2) is 4.79 Å². The van der Waals surface area contributed by atoms with Crippen LogP contribution in [0.5, 0.6) is 5.06 Å². The molecular formula is C18H21BrO2S. The molecule has 0 unspecified atom stereocenters. The zero-order valence-corrected chi connectivity index (χ0v) is 15.2. The molecule has 1 heterocycles. The van der Waals surface area contributed by atoms with Crippen molar-refractivity contribution >= 4 is 33.2 Å². The molecule has 0 saturated carbocycles. The molecule has 1 aromatic heterocycles. The molecule has 2 rings (SSSR count). The van der Waals surface area contributed by atoms with E-state index in [1.54, 1.807) is 6.07 Å². The maximum absolute atomic E-state index is 12.0. The summed E-state index contributed by atoms with van der Waals surface area (Å²) < 4.78 is 6.27. The Hall–Kier alpha value is -1.13. The number of hydrogen-bond donors (Lipinski definition) is 0. The third-order valence-electron chi connectivity index (χ3n) is 3.50. The molecule has 0 amide bonds. The summed E-state index contributed by atoms with van der Waals surface area (Å²) in [6.45, 7) is 2.23. The fourth-order valence-corrected chi connectivity index (χ4v) is 3.49. The van der Waals surface area contributed by atoms with Crippen molar-refractivity contribution in [1.29, 1.82) is 0 Å². The molecule has 1 aromatic carbocycles. The summed E-state index contributed by atoms with van der Waals surface area (Å²) in [5.74, 6) is -0.302. The monoisotopic (exact) mass is 380 g/mol. The van der Waals surface area contributed by atoms with E-state index in [0.717, 1.165) is 10.9 Å². The zero-order chi connectivity index (χ0) is 15.8. The highest BCUT2D eigenvalue weighted by atomic mass is 79.9. The van der Waals surface area contributed by atoms with Gasteiger partial charge in [0.2, 0.25) is 0 Å². The molecule has 0 aliphatic heterocycles. The molecule has 4 heteroatoms. The van der Waals surface area contributed by atoms with Crippen molar-refractivity contribution in [2.75, 3.05) is 0 Å². The summed E-state index contributed by atoms with van der Waals surface area (Å²) in [5.41, 5.74) is 1.88. The van der Waals surface area contributed by atoms with Crippen LogP contribution in [0.2, 0.25) is 0 Å². The van der Waals surface area contributed by atoms with Gasteiger partial charge in [0.15, 0.2) is 5.06 Å². The predicted molar refractivity (Wildman–Crippen MR) is 95.9 cm³/mol. The smallest absolute Gasteiger partial charge is 0.344 e. The van der Waals surface area contributed by atoms with Crippen molar-refractivity contribution in [3.8, 4) is 5.06 Å². The third-order valence-corrected chi connectivity index (χ3v) is 5.06. The maximum atomic E-state index is 12.0. The van der Waals surface area contributed by atoms with E-state index >= 15 is 0 Å². The van der Waals surface area contributed by atoms with Gasteiger partial charge < -0.3 is 4.74 Å². The lowest BCUT2D eigenvalue weighted by Crippen LogP contribution is -2.07. The van der Waals surface area contributed by atoms with E-state index in [4.69, 9.17) is 4.74 Å². The average molecular weight is 381 g/mol. The first-order valence-corrected chi connectivity index (χ1v) is 9.41. The Morgan fingerprint density at radius 2 is 1.86 bits per heavy atom. The Balaban J connectivity index is 1.81. The first-order chi connectivity index (χ1) is 10.7. The molecule has 0 N–H and O–H groups in total. The van der Waals surface area contributed by atoms with Crippen LogP contribution in [0.15, 0.2) is 40.2 Å². The fraction of sp³-hybridized carbons (Fsp3) is 0.389. The highest BCUT2D eigenvalue weighted by Gasteiger charge is 2.10. The van der Waals surface area contributed by atoms with Crippen molar-refractivity contribution in [3.05, 3.63) is 51.3 Å². The van der Waals surface area contributed by atoms with E-state index in [0.29, 0.717) is 10.6 Å². The first-order valence-electron chi connectivity index (χ1n) is 7.74. The van der Waals surface area contributed by atoms with E-state index in [9.17, 15) is 4.79 Å². The van der Waals surface area contributed by atoms with Gasteiger partial charge in [0.1, 0.15) is 0 Å². The van der Waals surface area contributed by atoms with Crippen molar-refractivity contribution in [1.82, 2.24) is 0 Å². The van der Waals surface area contributed by atoms with Crippen LogP contribution in [-0.2, 0) is 6.42 Å². The van der Waals surface area contributed by atoms with E-state index in [1.165, 1.54) is 49.0 Å². The van der Waals surface area contributed by atoms with E-state index in [-0.39, 0.29) is 5.97 Å². The van der Waals surface area contributed by atoms with Gasteiger partial charge in [-0.1, -0.05) is 44.7 Å². The molecule has 22 heavy (non-hydrogen) atoms. The number of thiophene rings is 1. The van der Waals surface area contributed by atoms with Crippen LogP contribution < -0.4 is 4.74 Å². The number of ether oxygens (including phenoxy) is 1. The van der Waals surface area contributed by atoms with Gasteiger partial charge in [0.25, 0.3) is 0 Å². The molecule has 0 bridgehead atoms. The number of hydrogen-bond acceptors (Lipinski definition) is 3. The number of rotatable bonds is 8. The normalized spacial score (nSPS) is 10.6. The lowest BCUT2D eigenvalue weighted by atomic mass is 10.0. The average Bonchev–Trinajstić information content (AvgIpc) is 2.93. The number of carbonyl (C=O) groups excluding carboxylic acids is 1. The third kappa shape index (κ3) is 5.58. The molecule has 0 saturated heterocycles. The van der Waals surface area contributed by atoms with Gasteiger partial charge in [-0.3, -0.25) is 0 Å². The van der Waals surface area contributed by atoms with Crippen molar-refractivity contribution < 1.29 is 9.53 Å². The zero-order valence-electron chi connectivity index (χ0n) is 12.8. The van der Waals surface area contributed by atoms with Crippen LogP contribution in [0.4, 0.5) is 0 Å². The molecule has 0 spiro atoms. The molecule has 0 fully saturated rings. The minimum Gasteiger partial charge on any atom is -0.412 e. The summed E-state index contributed by atoms with van der Waals surface area (Å²) in [5, 5.41) is 2.50. The van der Waals surface area contributed by atoms with Crippen LogP contribution >= 0.6 is 27.3 Å². The van der Waals surface area contributed by atoms with Gasteiger partial charge in [-0.15, -0.1) is 11.3 Å². The van der Waals surface area contributed by atoms with Gasteiger partial charge in [-0.2, -0.15) is 0 Å². The van der Waals surface area contributed by atoms with Gasteiger partial charge in [0.05, 0.1) is 5.56 Å². The van der Waals surface area contributed by atoms with Gasteiger partial charge in [-0.05, 0) is 46.5 Å². The minimum absolute atomic E-state index is 0.302. The molecule has 0 aliphatic rings. The standard InChI is InChI=1S/C18H21BrO2S/c1-2-3-4-5-6-7-14-8-10-15(11-9-14)18(20)21-17-12-16(19)13-22-17/h8-13H,2-7H2,1H3. The summed E-state index contributed by atoms with van der Waals surface area (Å²) in [4.78, 5) is 12.0. The summed E-state index contributed by atoms with van der Waals surface area (Å²) in [7, 11) is 0. The van der Waals surface area contributed by atoms with Gasteiger partial charge in [0, 0.05) is 15.9 Å². The Morgan fingerprint density at radius 1 is 1.14 bits per heavy atom. The quantitative estimate of drug-likeness (QED) is 0.399. The number of halogens is 1. The number of unbranched alkanes of at least 4 members (excludes halogenated alkanes) is 4. The topological polar surface area (TPSA) is 26.3 Å². The van der Waals surface area contributed by atoms with Gasteiger partial charge >= 0.3 is 5.97 Å². The highest BCUT2D eigenvalue weighted by Crippen LogP contribution is 2.27. The van der Waals surface area contributed by atoms with Crippen LogP contribution in [0.3, 0.4) is 0 Å². The second-order valence-corrected chi connectivity index (χ2v) is 7.12. The second-order valence-electron chi connectivity index (χ2n) is 5.33. The second kappa shape index (κ2) is 9.11. The summed E-state index contributed by atoms with van der Waals surface area (Å²) >= 11 is 4.75. The number of benzene rings is 1. The number of carbonyl (C=O) groups is 1. The van der Waals surface area contributed by atoms with E-state index < -0.39 is 0 Å². The van der Waals surface area contributed by atoms with Crippen LogP contribution in [0.1, 0.15) is 54.9 Å². The lowest BCUT2D eigenvalue weighted by Gasteiger charge is -2.04. The maximum Gasteiger partial charge on any atom is 0.344 e. The number of aryl methyl sites for hydroxylation is 1. The molecule has 2 nitrogen and oxygen atoms in total. The Morgan fingerprint density at radius 3 is 2.50 bits per heavy atom. The molecular weight excluding hydrogens is 360 g/mol. The van der Waals surface area contributed by atoms with Crippen LogP contribution in [0.25, 0.3) is 0 Å². The molecule has 118 valence electrons. The van der Waals surface area contributed by atoms with Crippen LogP contribution in [0, 0.1) is 0 Å². The van der Waals surface area contributed by atoms with E-state index in [1.807, 2.05) is 29.6 Å². The Bertz CT molecular complexity index is 589. The molecule has 0 radical (unpaired) electrons. The fourth-order valence-electron chi connectivity index (χ4n) is 2.24. The summed E-state index contributed by atoms with van der Waals surface area (Å²) in [6.07, 6.45) is 7.49. The van der Waals surface area contributed by atoms with Crippen molar-refractivity contribution in [2.45, 2.75) is 45.4 Å². The lowest BCUT2D eigenvalue weighted by molar-refractivity contribution is 0.0740. The largest absolute Gasteiger partial charge is 0.412 e. The first kappa shape index (κ1) is 17.2. The van der Waals surface area contributed by atoms with E-state index in [2.05, 4.69) is 22.9 Å². The molecule has 0 atom stereocenters. The SMILES string of the molecule is CCCCCCCc1ccc(C(=O)Oc2cc(Br)cs2)cc1. The predicted octanol–water partition coefficient (Wildman–Crippen LogP) is 6.24. The van der Waals surface area contributed by atoms with Crippen molar-refractivity contribution in [3.63, 3.8) is 0 Å². The Labute approximate surface area is 144 Å². The van der Waals surface area contributed by atoms with Crippen LogP contribution in [-0.4, -0.2) is 5.97 Å². The van der Waals surface area contributed by atoms with Crippen molar-refractivity contribution in [2.24, 2.45) is 0 Å². The molecule has 2 aromatic rings. The highest BCUT2D eigenvalue weighted by molar-refractivity contribution is 9.10. The Kier molecular flexibility index (Phi) is 7.13. The molecule has 0 aliphatic carbocycles.